The molecule has 1 aliphatic rings. The van der Waals surface area contributed by atoms with Crippen molar-refractivity contribution in [1.82, 2.24) is 10.2 Å². The Labute approximate surface area is 142 Å². The predicted octanol–water partition coefficient (Wildman–Crippen LogP) is 2.79. The molecule has 1 aliphatic carbocycles. The van der Waals surface area contributed by atoms with E-state index in [1.807, 2.05) is 6.92 Å². The third-order valence-corrected chi connectivity index (χ3v) is 4.40. The fourth-order valence-corrected chi connectivity index (χ4v) is 3.02. The first-order valence-corrected chi connectivity index (χ1v) is 8.55. The van der Waals surface area contributed by atoms with Crippen LogP contribution in [0.1, 0.15) is 32.6 Å². The molecule has 134 valence electrons. The van der Waals surface area contributed by atoms with E-state index in [-0.39, 0.29) is 30.0 Å². The number of nitrogens with zero attached hydrogens (tertiary/aromatic N) is 1. The zero-order valence-corrected chi connectivity index (χ0v) is 14.4. The Morgan fingerprint density at radius 2 is 2.21 bits per heavy atom. The number of carbonyl (C=O) groups excluding carboxylic acids is 1. The van der Waals surface area contributed by atoms with E-state index in [1.54, 1.807) is 24.1 Å². The van der Waals surface area contributed by atoms with E-state index in [9.17, 15) is 14.3 Å². The fraction of sp³-hybridized carbons (Fsp3) is 0.611. The van der Waals surface area contributed by atoms with Crippen molar-refractivity contribution in [2.24, 2.45) is 5.92 Å². The van der Waals surface area contributed by atoms with Crippen LogP contribution in [0, 0.1) is 11.7 Å². The molecule has 2 N–H and O–H groups in total. The molecule has 24 heavy (non-hydrogen) atoms. The molecule has 0 bridgehead atoms. The molecule has 3 unspecified atom stereocenters. The summed E-state index contributed by atoms with van der Waals surface area (Å²) in [4.78, 5) is 13.8. The van der Waals surface area contributed by atoms with Gasteiger partial charge in [-0.25, -0.2) is 9.18 Å². The van der Waals surface area contributed by atoms with Crippen LogP contribution < -0.4 is 10.1 Å². The van der Waals surface area contributed by atoms with Gasteiger partial charge in [0.15, 0.2) is 0 Å². The molecule has 2 rings (SSSR count). The van der Waals surface area contributed by atoms with Gasteiger partial charge in [-0.3, -0.25) is 0 Å². The van der Waals surface area contributed by atoms with Crippen LogP contribution in [0.4, 0.5) is 9.18 Å². The summed E-state index contributed by atoms with van der Waals surface area (Å²) in [5.41, 5.74) is 0. The molecule has 0 heterocycles. The minimum atomic E-state index is -0.352. The predicted molar refractivity (Wildman–Crippen MR) is 90.5 cm³/mol. The lowest BCUT2D eigenvalue weighted by molar-refractivity contribution is 0.0563. The second-order valence-electron chi connectivity index (χ2n) is 6.56. The monoisotopic (exact) mass is 338 g/mol. The van der Waals surface area contributed by atoms with E-state index in [4.69, 9.17) is 4.74 Å². The largest absolute Gasteiger partial charge is 0.489 e. The minimum absolute atomic E-state index is 0.149. The molecule has 5 nitrogen and oxygen atoms in total. The van der Waals surface area contributed by atoms with Crippen LogP contribution in [0.5, 0.6) is 5.75 Å². The van der Waals surface area contributed by atoms with Crippen molar-refractivity contribution in [3.63, 3.8) is 0 Å². The lowest BCUT2D eigenvalue weighted by atomic mass is 9.86. The maximum atomic E-state index is 13.1. The van der Waals surface area contributed by atoms with Gasteiger partial charge in [0.05, 0.1) is 12.6 Å². The number of halogens is 1. The molecule has 3 atom stereocenters. The Hall–Kier alpha value is -1.82. The molecule has 1 aromatic rings. The van der Waals surface area contributed by atoms with Crippen LogP contribution in [0.2, 0.25) is 0 Å². The average molecular weight is 338 g/mol. The normalized spacial score (nSPS) is 21.8. The first-order valence-electron chi connectivity index (χ1n) is 8.55. The molecule has 1 fully saturated rings. The van der Waals surface area contributed by atoms with Gasteiger partial charge in [-0.15, -0.1) is 0 Å². The Balaban J connectivity index is 1.73. The molecule has 0 aromatic heterocycles. The average Bonchev–Trinajstić information content (AvgIpc) is 2.54. The van der Waals surface area contributed by atoms with Crippen molar-refractivity contribution in [1.29, 1.82) is 0 Å². The third-order valence-electron chi connectivity index (χ3n) is 4.40. The van der Waals surface area contributed by atoms with E-state index in [1.165, 1.54) is 12.1 Å². The summed E-state index contributed by atoms with van der Waals surface area (Å²) < 4.78 is 18.7. The van der Waals surface area contributed by atoms with Gasteiger partial charge < -0.3 is 20.1 Å². The first-order chi connectivity index (χ1) is 11.5. The topological polar surface area (TPSA) is 61.8 Å². The Bertz CT molecular complexity index is 541. The summed E-state index contributed by atoms with van der Waals surface area (Å²) in [5.74, 6) is 0.236. The molecule has 0 spiro atoms. The van der Waals surface area contributed by atoms with Gasteiger partial charge in [0.1, 0.15) is 17.7 Å². The van der Waals surface area contributed by atoms with Gasteiger partial charge in [-0.05, 0) is 31.9 Å². The highest BCUT2D eigenvalue weighted by molar-refractivity contribution is 5.73. The van der Waals surface area contributed by atoms with Crippen molar-refractivity contribution in [3.8, 4) is 5.75 Å². The van der Waals surface area contributed by atoms with Crippen LogP contribution in [-0.2, 0) is 0 Å². The van der Waals surface area contributed by atoms with Crippen molar-refractivity contribution in [2.45, 2.75) is 44.8 Å². The zero-order chi connectivity index (χ0) is 17.5. The Morgan fingerprint density at radius 1 is 1.46 bits per heavy atom. The number of hydrogen-bond acceptors (Lipinski definition) is 3. The Morgan fingerprint density at radius 3 is 2.92 bits per heavy atom. The summed E-state index contributed by atoms with van der Waals surface area (Å²) >= 11 is 0. The van der Waals surface area contributed by atoms with Crippen LogP contribution in [-0.4, -0.2) is 48.4 Å². The summed E-state index contributed by atoms with van der Waals surface area (Å²) in [7, 11) is 1.73. The number of hydrogen-bond donors (Lipinski definition) is 2. The molecule has 0 saturated heterocycles. The van der Waals surface area contributed by atoms with Crippen molar-refractivity contribution >= 4 is 6.03 Å². The number of benzene rings is 1. The highest BCUT2D eigenvalue weighted by Gasteiger charge is 2.25. The SMILES string of the molecule is CC(CNC(=O)N(C)CC1CCCCC1O)Oc1cccc(F)c1. The highest BCUT2D eigenvalue weighted by atomic mass is 19.1. The maximum Gasteiger partial charge on any atom is 0.317 e. The lowest BCUT2D eigenvalue weighted by Gasteiger charge is -2.31. The van der Waals surface area contributed by atoms with Gasteiger partial charge in [0.2, 0.25) is 0 Å². The molecule has 0 radical (unpaired) electrons. The van der Waals surface area contributed by atoms with E-state index in [0.717, 1.165) is 25.7 Å². The fourth-order valence-electron chi connectivity index (χ4n) is 3.02. The summed E-state index contributed by atoms with van der Waals surface area (Å²) in [5, 5.41) is 12.8. The first kappa shape index (κ1) is 18.5. The maximum absolute atomic E-state index is 13.1. The highest BCUT2D eigenvalue weighted by Crippen LogP contribution is 2.24. The molecule has 1 saturated carbocycles. The third kappa shape index (κ3) is 5.67. The number of ether oxygens (including phenoxy) is 1. The molecular weight excluding hydrogens is 311 g/mol. The van der Waals surface area contributed by atoms with Gasteiger partial charge in [0.25, 0.3) is 0 Å². The second-order valence-corrected chi connectivity index (χ2v) is 6.56. The summed E-state index contributed by atoms with van der Waals surface area (Å²) in [6.45, 7) is 2.69. The standard InChI is InChI=1S/C18H27FN2O3/c1-13(24-16-8-5-7-15(19)10-16)11-20-18(23)21(2)12-14-6-3-4-9-17(14)22/h5,7-8,10,13-14,17,22H,3-4,6,9,11-12H2,1-2H3,(H,20,23). The number of amides is 2. The van der Waals surface area contributed by atoms with Crippen molar-refractivity contribution in [3.05, 3.63) is 30.1 Å². The molecular formula is C18H27FN2O3. The van der Waals surface area contributed by atoms with Gasteiger partial charge >= 0.3 is 6.03 Å². The van der Waals surface area contributed by atoms with E-state index < -0.39 is 0 Å². The van der Waals surface area contributed by atoms with E-state index >= 15 is 0 Å². The van der Waals surface area contributed by atoms with Crippen LogP contribution >= 0.6 is 0 Å². The van der Waals surface area contributed by atoms with Crippen molar-refractivity contribution < 1.29 is 19.0 Å². The molecule has 1 aromatic carbocycles. The molecule has 2 amide bonds. The van der Waals surface area contributed by atoms with E-state index in [0.29, 0.717) is 18.8 Å². The number of nitrogens with one attached hydrogen (secondary N) is 1. The quantitative estimate of drug-likeness (QED) is 0.838. The number of carbonyl (C=O) groups is 1. The van der Waals surface area contributed by atoms with E-state index in [2.05, 4.69) is 5.32 Å². The number of urea groups is 1. The summed E-state index contributed by atoms with van der Waals surface area (Å²) in [6, 6.07) is 5.74. The van der Waals surface area contributed by atoms with Gasteiger partial charge in [0, 0.05) is 25.6 Å². The second kappa shape index (κ2) is 8.87. The van der Waals surface area contributed by atoms with Crippen molar-refractivity contribution in [2.75, 3.05) is 20.1 Å². The number of aliphatic hydroxyl groups is 1. The Kier molecular flexibility index (Phi) is 6.85. The zero-order valence-electron chi connectivity index (χ0n) is 14.4. The molecule has 6 heteroatoms. The van der Waals surface area contributed by atoms with Crippen LogP contribution in [0.3, 0.4) is 0 Å². The number of rotatable bonds is 6. The lowest BCUT2D eigenvalue weighted by Crippen LogP contribution is -2.45. The van der Waals surface area contributed by atoms with Crippen LogP contribution in [0.15, 0.2) is 24.3 Å². The minimum Gasteiger partial charge on any atom is -0.489 e. The molecule has 0 aliphatic heterocycles. The number of aliphatic hydroxyl groups excluding tert-OH is 1. The smallest absolute Gasteiger partial charge is 0.317 e. The van der Waals surface area contributed by atoms with Gasteiger partial charge in [-0.2, -0.15) is 0 Å². The van der Waals surface area contributed by atoms with Crippen LogP contribution in [0.25, 0.3) is 0 Å². The summed E-state index contributed by atoms with van der Waals surface area (Å²) in [6.07, 6.45) is 3.35. The van der Waals surface area contributed by atoms with Gasteiger partial charge in [-0.1, -0.05) is 18.9 Å².